The van der Waals surface area contributed by atoms with Crippen molar-refractivity contribution in [3.8, 4) is 6.07 Å². The number of carbonyl (C=O) groups excluding carboxylic acids is 1. The zero-order valence-corrected chi connectivity index (χ0v) is 24.8. The molecule has 1 amide bonds. The highest BCUT2D eigenvalue weighted by Crippen LogP contribution is 2.44. The molecule has 1 aliphatic rings. The summed E-state index contributed by atoms with van der Waals surface area (Å²) in [5.41, 5.74) is 7.52. The van der Waals surface area contributed by atoms with Gasteiger partial charge in [0.05, 0.1) is 17.4 Å². The standard InChI is InChI=1S/C32H35N9O/c1-32(2,20-33)19-21(31(34)42)30-22-11-7-12-23(30)39(4)25-14-9-16-27(36-25)41(6)29-18-10-17-28(37-29)40(5)26-15-8-13-24(35-26)38(22)3/h7-18,21H,19H2,1-6H3,(H2,34,42)/t21-/m0/s1. The third-order valence-electron chi connectivity index (χ3n) is 7.71. The molecule has 10 nitrogen and oxygen atoms in total. The van der Waals surface area contributed by atoms with Gasteiger partial charge in [0.25, 0.3) is 0 Å². The van der Waals surface area contributed by atoms with Gasteiger partial charge in [-0.15, -0.1) is 0 Å². The molecule has 0 radical (unpaired) electrons. The molecule has 0 saturated carbocycles. The number of pyridine rings is 3. The van der Waals surface area contributed by atoms with Crippen molar-refractivity contribution in [1.82, 2.24) is 15.0 Å². The molecule has 0 fully saturated rings. The Kier molecular flexibility index (Phi) is 7.44. The molecule has 214 valence electrons. The van der Waals surface area contributed by atoms with E-state index in [-0.39, 0.29) is 6.42 Å². The second kappa shape index (κ2) is 11.0. The number of benzene rings is 1. The SMILES string of the molecule is CN1c2cccc(n2)N(C)c2cccc(n2)N(C)c2cccc(c2[C@H](CC(C)(C)C#N)C(N)=O)N(C)c2cccc1n2. The molecule has 4 heterocycles. The molecular formula is C32H35N9O. The summed E-state index contributed by atoms with van der Waals surface area (Å²) in [4.78, 5) is 35.8. The Bertz CT molecular complexity index is 1590. The van der Waals surface area contributed by atoms with E-state index < -0.39 is 17.2 Å². The van der Waals surface area contributed by atoms with Crippen molar-refractivity contribution in [2.45, 2.75) is 26.2 Å². The predicted molar refractivity (Wildman–Crippen MR) is 167 cm³/mol. The van der Waals surface area contributed by atoms with Crippen LogP contribution in [-0.2, 0) is 4.79 Å². The van der Waals surface area contributed by atoms with Crippen LogP contribution in [0.3, 0.4) is 0 Å². The maximum atomic E-state index is 13.2. The van der Waals surface area contributed by atoms with Crippen LogP contribution in [-0.4, -0.2) is 49.0 Å². The minimum atomic E-state index is -0.792. The Balaban J connectivity index is 1.80. The number of nitrogens with zero attached hydrogens (tertiary/aromatic N) is 8. The minimum absolute atomic E-state index is 0.247. The first-order chi connectivity index (χ1) is 20.0. The van der Waals surface area contributed by atoms with E-state index in [1.165, 1.54) is 0 Å². The zero-order chi connectivity index (χ0) is 30.2. The number of amides is 1. The first-order valence-corrected chi connectivity index (χ1v) is 13.7. The molecule has 2 N–H and O–H groups in total. The predicted octanol–water partition coefficient (Wildman–Crippen LogP) is 5.77. The maximum Gasteiger partial charge on any atom is 0.225 e. The average Bonchev–Trinajstić information content (AvgIpc) is 3.01. The fourth-order valence-corrected chi connectivity index (χ4v) is 5.22. The van der Waals surface area contributed by atoms with Crippen molar-refractivity contribution in [2.75, 3.05) is 47.8 Å². The number of carbonyl (C=O) groups is 1. The van der Waals surface area contributed by atoms with Crippen molar-refractivity contribution in [2.24, 2.45) is 11.1 Å². The van der Waals surface area contributed by atoms with E-state index >= 15 is 0 Å². The largest absolute Gasteiger partial charge is 0.369 e. The second-order valence-corrected chi connectivity index (χ2v) is 11.2. The molecule has 1 aliphatic heterocycles. The van der Waals surface area contributed by atoms with Crippen LogP contribution in [0, 0.1) is 16.7 Å². The highest BCUT2D eigenvalue weighted by molar-refractivity contribution is 5.89. The molecule has 5 rings (SSSR count). The van der Waals surface area contributed by atoms with Crippen molar-refractivity contribution in [3.63, 3.8) is 0 Å². The van der Waals surface area contributed by atoms with Gasteiger partial charge < -0.3 is 25.3 Å². The van der Waals surface area contributed by atoms with Gasteiger partial charge in [0.1, 0.15) is 34.9 Å². The summed E-state index contributed by atoms with van der Waals surface area (Å²) in [7, 11) is 7.68. The van der Waals surface area contributed by atoms with Crippen molar-refractivity contribution in [3.05, 3.63) is 78.4 Å². The van der Waals surface area contributed by atoms with E-state index in [0.29, 0.717) is 28.8 Å². The van der Waals surface area contributed by atoms with E-state index in [0.717, 1.165) is 23.0 Å². The molecule has 0 saturated heterocycles. The van der Waals surface area contributed by atoms with Crippen molar-refractivity contribution in [1.29, 1.82) is 5.26 Å². The summed E-state index contributed by atoms with van der Waals surface area (Å²) in [5.74, 6) is 2.93. The Labute approximate surface area is 246 Å². The van der Waals surface area contributed by atoms with E-state index in [9.17, 15) is 10.1 Å². The number of fused-ring (bicyclic) bond motifs is 8. The number of rotatable bonds is 4. The lowest BCUT2D eigenvalue weighted by atomic mass is 9.79. The summed E-state index contributed by atoms with van der Waals surface area (Å²) >= 11 is 0. The molecule has 3 aromatic heterocycles. The summed E-state index contributed by atoms with van der Waals surface area (Å²) < 4.78 is 0. The van der Waals surface area contributed by atoms with Gasteiger partial charge in [-0.05, 0) is 68.8 Å². The number of nitriles is 1. The van der Waals surface area contributed by atoms with E-state index in [1.54, 1.807) is 0 Å². The molecule has 0 spiro atoms. The minimum Gasteiger partial charge on any atom is -0.369 e. The molecular weight excluding hydrogens is 526 g/mol. The molecule has 1 atom stereocenters. The van der Waals surface area contributed by atoms with Gasteiger partial charge in [0.2, 0.25) is 5.91 Å². The summed E-state index contributed by atoms with van der Waals surface area (Å²) in [6.07, 6.45) is 0.247. The fourth-order valence-electron chi connectivity index (χ4n) is 5.22. The summed E-state index contributed by atoms with van der Waals surface area (Å²) in [5, 5.41) is 9.88. The Morgan fingerprint density at radius 2 is 1.05 bits per heavy atom. The monoisotopic (exact) mass is 561 g/mol. The lowest BCUT2D eigenvalue weighted by molar-refractivity contribution is -0.120. The van der Waals surface area contributed by atoms with E-state index in [4.69, 9.17) is 20.7 Å². The number of hydrogen-bond donors (Lipinski definition) is 1. The van der Waals surface area contributed by atoms with Crippen molar-refractivity contribution >= 4 is 52.2 Å². The topological polar surface area (TPSA) is 119 Å². The fraction of sp³-hybridized carbons (Fsp3) is 0.281. The van der Waals surface area contributed by atoms with Gasteiger partial charge in [-0.25, -0.2) is 15.0 Å². The van der Waals surface area contributed by atoms with Crippen molar-refractivity contribution < 1.29 is 4.79 Å². The number of nitrogens with two attached hydrogens (primary N) is 1. The highest BCUT2D eigenvalue weighted by atomic mass is 16.1. The smallest absolute Gasteiger partial charge is 0.225 e. The summed E-state index contributed by atoms with van der Waals surface area (Å²) in [6, 6.07) is 25.6. The van der Waals surface area contributed by atoms with Crippen LogP contribution < -0.4 is 25.3 Å². The number of hydrogen-bond acceptors (Lipinski definition) is 9. The Hall–Kier alpha value is -5.17. The molecule has 0 aliphatic carbocycles. The van der Waals surface area contributed by atoms with Crippen LogP contribution in [0.15, 0.2) is 72.8 Å². The number of anilines is 8. The van der Waals surface area contributed by atoms with Crippen LogP contribution >= 0.6 is 0 Å². The van der Waals surface area contributed by atoms with Gasteiger partial charge in [0.15, 0.2) is 0 Å². The first-order valence-electron chi connectivity index (χ1n) is 13.7. The third-order valence-corrected chi connectivity index (χ3v) is 7.71. The van der Waals surface area contributed by atoms with Crippen LogP contribution in [0.25, 0.3) is 0 Å². The molecule has 42 heavy (non-hydrogen) atoms. The van der Waals surface area contributed by atoms with Crippen LogP contribution in [0.4, 0.5) is 46.3 Å². The first kappa shape index (κ1) is 28.4. The molecule has 1 aromatic carbocycles. The maximum absolute atomic E-state index is 13.2. The number of primary amides is 1. The van der Waals surface area contributed by atoms with E-state index in [2.05, 4.69) is 6.07 Å². The second-order valence-electron chi connectivity index (χ2n) is 11.2. The average molecular weight is 562 g/mol. The van der Waals surface area contributed by atoms with Gasteiger partial charge in [-0.2, -0.15) is 5.26 Å². The molecule has 0 unspecified atom stereocenters. The zero-order valence-electron chi connectivity index (χ0n) is 24.8. The molecule has 8 bridgehead atoms. The van der Waals surface area contributed by atoms with Crippen LogP contribution in [0.5, 0.6) is 0 Å². The van der Waals surface area contributed by atoms with Crippen LogP contribution in [0.1, 0.15) is 31.7 Å². The summed E-state index contributed by atoms with van der Waals surface area (Å²) in [6.45, 7) is 3.64. The highest BCUT2D eigenvalue weighted by Gasteiger charge is 2.33. The molecule has 10 heteroatoms. The lowest BCUT2D eigenvalue weighted by Gasteiger charge is -2.33. The molecule has 4 aromatic rings. The van der Waals surface area contributed by atoms with Gasteiger partial charge in [0, 0.05) is 45.1 Å². The Morgan fingerprint density at radius 3 is 1.38 bits per heavy atom. The third kappa shape index (κ3) is 5.29. The lowest BCUT2D eigenvalue weighted by Crippen LogP contribution is -2.30. The Morgan fingerprint density at radius 1 is 0.714 bits per heavy atom. The van der Waals surface area contributed by atoms with Gasteiger partial charge in [-0.3, -0.25) is 4.79 Å². The quantitative estimate of drug-likeness (QED) is 0.331. The normalized spacial score (nSPS) is 13.9. The van der Waals surface area contributed by atoms with E-state index in [1.807, 2.05) is 134 Å². The number of aromatic nitrogens is 3. The van der Waals surface area contributed by atoms with Crippen LogP contribution in [0.2, 0.25) is 0 Å². The van der Waals surface area contributed by atoms with Gasteiger partial charge in [-0.1, -0.05) is 24.3 Å². The van der Waals surface area contributed by atoms with Gasteiger partial charge >= 0.3 is 0 Å².